The average molecular weight is 224 g/mol. The van der Waals surface area contributed by atoms with Gasteiger partial charge in [0.25, 0.3) is 0 Å². The number of hydrogen-bond acceptors (Lipinski definition) is 0. The Bertz CT molecular complexity index is 47.4. The third-order valence-corrected chi connectivity index (χ3v) is 1.20. The minimum Gasteiger partial charge on any atom is -0.248 e. The highest BCUT2D eigenvalue weighted by atomic mass is 127. The summed E-state index contributed by atoms with van der Waals surface area (Å²) in [6.45, 7) is -1.23. The van der Waals surface area contributed by atoms with E-state index < -0.39 is 17.0 Å². The van der Waals surface area contributed by atoms with Crippen LogP contribution >= 0.6 is 22.6 Å². The molecule has 0 aromatic rings. The highest BCUT2D eigenvalue weighted by Crippen LogP contribution is 2.10. The van der Waals surface area contributed by atoms with Gasteiger partial charge < -0.3 is 0 Å². The van der Waals surface area contributed by atoms with Gasteiger partial charge in [0.05, 0.1) is 0 Å². The SMILES string of the molecule is FCC(F)C(F)I. The van der Waals surface area contributed by atoms with Crippen LogP contribution in [-0.4, -0.2) is 17.0 Å². The van der Waals surface area contributed by atoms with Crippen LogP contribution in [0.25, 0.3) is 0 Å². The molecule has 0 saturated heterocycles. The summed E-state index contributed by atoms with van der Waals surface area (Å²) in [5.41, 5.74) is 0. The first-order chi connectivity index (χ1) is 3.18. The molecule has 0 bridgehead atoms. The van der Waals surface area contributed by atoms with E-state index in [1.807, 2.05) is 0 Å². The summed E-state index contributed by atoms with van der Waals surface area (Å²) in [7, 11) is 0. The predicted molar refractivity (Wildman–Crippen MR) is 29.8 cm³/mol. The molecule has 0 spiro atoms. The fraction of sp³-hybridized carbons (Fsp3) is 1.00. The minimum atomic E-state index is -1.94. The van der Waals surface area contributed by atoms with Gasteiger partial charge in [0, 0.05) is 0 Å². The molecule has 0 aromatic carbocycles. The van der Waals surface area contributed by atoms with Crippen molar-refractivity contribution >= 4 is 22.6 Å². The molecule has 0 rings (SSSR count). The molecule has 0 radical (unpaired) electrons. The zero-order chi connectivity index (χ0) is 5.86. The van der Waals surface area contributed by atoms with E-state index in [1.54, 1.807) is 0 Å². The van der Waals surface area contributed by atoms with Crippen molar-refractivity contribution in [2.75, 3.05) is 6.67 Å². The van der Waals surface area contributed by atoms with Gasteiger partial charge in [0.2, 0.25) is 0 Å². The van der Waals surface area contributed by atoms with Crippen LogP contribution < -0.4 is 0 Å². The Hall–Kier alpha value is 0.520. The fourth-order valence-corrected chi connectivity index (χ4v) is 0.260. The lowest BCUT2D eigenvalue weighted by Gasteiger charge is -1.98. The molecule has 0 amide bonds. The molecule has 0 aliphatic rings. The summed E-state index contributed by atoms with van der Waals surface area (Å²) in [6, 6.07) is 0. The highest BCUT2D eigenvalue weighted by Gasteiger charge is 2.14. The first-order valence-corrected chi connectivity index (χ1v) is 2.91. The number of hydrogen-bond donors (Lipinski definition) is 0. The van der Waals surface area contributed by atoms with Crippen LogP contribution in [0.4, 0.5) is 13.2 Å². The molecule has 2 atom stereocenters. The molecule has 0 aliphatic heterocycles. The van der Waals surface area contributed by atoms with E-state index in [0.717, 1.165) is 0 Å². The van der Waals surface area contributed by atoms with Crippen molar-refractivity contribution in [1.82, 2.24) is 0 Å². The van der Waals surface area contributed by atoms with Crippen LogP contribution in [0, 0.1) is 0 Å². The van der Waals surface area contributed by atoms with E-state index in [1.165, 1.54) is 22.6 Å². The number of halogens is 4. The van der Waals surface area contributed by atoms with Gasteiger partial charge >= 0.3 is 0 Å². The molecule has 0 aromatic heterocycles. The van der Waals surface area contributed by atoms with Gasteiger partial charge in [0.15, 0.2) is 10.4 Å². The van der Waals surface area contributed by atoms with E-state index in [9.17, 15) is 13.2 Å². The molecule has 0 heterocycles. The van der Waals surface area contributed by atoms with Gasteiger partial charge in [-0.2, -0.15) is 0 Å². The van der Waals surface area contributed by atoms with Crippen molar-refractivity contribution in [3.63, 3.8) is 0 Å². The van der Waals surface area contributed by atoms with Crippen LogP contribution in [0.1, 0.15) is 0 Å². The Morgan fingerprint density at radius 1 is 1.43 bits per heavy atom. The van der Waals surface area contributed by atoms with E-state index in [2.05, 4.69) is 0 Å². The molecule has 7 heavy (non-hydrogen) atoms. The van der Waals surface area contributed by atoms with Crippen molar-refractivity contribution in [3.8, 4) is 0 Å². The molecule has 4 heteroatoms. The number of alkyl halides is 4. The lowest BCUT2D eigenvalue weighted by molar-refractivity contribution is 0.202. The Balaban J connectivity index is 3.14. The summed E-state index contributed by atoms with van der Waals surface area (Å²) < 4.78 is 32.3. The van der Waals surface area contributed by atoms with Crippen LogP contribution in [0.15, 0.2) is 0 Å². The summed E-state index contributed by atoms with van der Waals surface area (Å²) in [5.74, 6) is 0. The average Bonchev–Trinajstić information content (AvgIpc) is 1.65. The van der Waals surface area contributed by atoms with E-state index in [4.69, 9.17) is 0 Å². The number of rotatable bonds is 2. The van der Waals surface area contributed by atoms with Gasteiger partial charge in [-0.05, 0) is 22.6 Å². The van der Waals surface area contributed by atoms with E-state index in [-0.39, 0.29) is 0 Å². The molecule has 0 N–H and O–H groups in total. The quantitative estimate of drug-likeness (QED) is 0.497. The van der Waals surface area contributed by atoms with Crippen molar-refractivity contribution in [1.29, 1.82) is 0 Å². The second-order valence-electron chi connectivity index (χ2n) is 1.00. The summed E-state index contributed by atoms with van der Waals surface area (Å²) in [6.07, 6.45) is -1.94. The monoisotopic (exact) mass is 224 g/mol. The third-order valence-electron chi connectivity index (χ3n) is 0.421. The Labute approximate surface area is 53.2 Å². The molecule has 44 valence electrons. The van der Waals surface area contributed by atoms with E-state index >= 15 is 0 Å². The largest absolute Gasteiger partial charge is 0.248 e. The molecule has 0 fully saturated rings. The molecule has 0 nitrogen and oxygen atoms in total. The van der Waals surface area contributed by atoms with E-state index in [0.29, 0.717) is 0 Å². The summed E-state index contributed by atoms with van der Waals surface area (Å²) >= 11 is 1.19. The smallest absolute Gasteiger partial charge is 0.184 e. The maximum atomic E-state index is 11.5. The zero-order valence-corrected chi connectivity index (χ0v) is 5.53. The highest BCUT2D eigenvalue weighted by molar-refractivity contribution is 14.1. The summed E-state index contributed by atoms with van der Waals surface area (Å²) in [5, 5.41) is 0. The first-order valence-electron chi connectivity index (χ1n) is 1.66. The fourth-order valence-electron chi connectivity index (χ4n) is 0.0673. The van der Waals surface area contributed by atoms with Gasteiger partial charge in [0.1, 0.15) is 6.67 Å². The van der Waals surface area contributed by atoms with Gasteiger partial charge in [-0.15, -0.1) is 0 Å². The van der Waals surface area contributed by atoms with Crippen LogP contribution in [-0.2, 0) is 0 Å². The van der Waals surface area contributed by atoms with Crippen molar-refractivity contribution < 1.29 is 13.2 Å². The minimum absolute atomic E-state index is 1.19. The standard InChI is InChI=1S/C3H4F3I/c4-1-2(5)3(6)7/h2-3H,1H2. The van der Waals surface area contributed by atoms with Gasteiger partial charge in [-0.3, -0.25) is 0 Å². The maximum absolute atomic E-state index is 11.5. The second-order valence-corrected chi connectivity index (χ2v) is 2.19. The topological polar surface area (TPSA) is 0 Å². The van der Waals surface area contributed by atoms with Crippen molar-refractivity contribution in [2.24, 2.45) is 0 Å². The van der Waals surface area contributed by atoms with Gasteiger partial charge in [-0.25, -0.2) is 13.2 Å². The normalized spacial score (nSPS) is 18.9. The maximum Gasteiger partial charge on any atom is 0.184 e. The second kappa shape index (κ2) is 3.51. The van der Waals surface area contributed by atoms with Crippen LogP contribution in [0.2, 0.25) is 0 Å². The third kappa shape index (κ3) is 3.13. The summed E-state index contributed by atoms with van der Waals surface area (Å²) in [4.78, 5) is 0. The molecule has 2 unspecified atom stereocenters. The molecule has 0 aliphatic carbocycles. The molecular formula is C3H4F3I. The Morgan fingerprint density at radius 3 is 1.86 bits per heavy atom. The predicted octanol–water partition coefficient (Wildman–Crippen LogP) is 2.02. The van der Waals surface area contributed by atoms with Gasteiger partial charge in [-0.1, -0.05) is 0 Å². The van der Waals surface area contributed by atoms with Crippen LogP contribution in [0.3, 0.4) is 0 Å². The first kappa shape index (κ1) is 7.52. The lowest BCUT2D eigenvalue weighted by Crippen LogP contribution is -2.11. The molecule has 0 saturated carbocycles. The van der Waals surface area contributed by atoms with Crippen LogP contribution in [0.5, 0.6) is 0 Å². The Morgan fingerprint density at radius 2 is 1.86 bits per heavy atom. The van der Waals surface area contributed by atoms with Crippen molar-refractivity contribution in [3.05, 3.63) is 0 Å². The lowest BCUT2D eigenvalue weighted by atomic mass is 10.5. The Kier molecular flexibility index (Phi) is 3.77. The molecular weight excluding hydrogens is 220 g/mol. The zero-order valence-electron chi connectivity index (χ0n) is 3.37. The van der Waals surface area contributed by atoms with Crippen molar-refractivity contribution in [2.45, 2.75) is 10.4 Å².